The molecular weight excluding hydrogens is 427 g/mol. The lowest BCUT2D eigenvalue weighted by molar-refractivity contribution is 0.187. The van der Waals surface area contributed by atoms with Crippen LogP contribution >= 0.6 is 15.9 Å². The summed E-state index contributed by atoms with van der Waals surface area (Å²) >= 11 is 3.38. The van der Waals surface area contributed by atoms with Gasteiger partial charge in [-0.15, -0.1) is 0 Å². The van der Waals surface area contributed by atoms with Gasteiger partial charge in [-0.1, -0.05) is 21.1 Å². The molecular formula is C20H18BrFN4O2. The topological polar surface area (TPSA) is 71.3 Å². The molecule has 8 heteroatoms. The van der Waals surface area contributed by atoms with Gasteiger partial charge in [0.15, 0.2) is 0 Å². The summed E-state index contributed by atoms with van der Waals surface area (Å²) < 4.78 is 19.4. The van der Waals surface area contributed by atoms with Crippen LogP contribution in [0.1, 0.15) is 24.7 Å². The van der Waals surface area contributed by atoms with Crippen molar-refractivity contribution in [2.24, 2.45) is 0 Å². The standard InChI is InChI=1S/C20H18BrFN4O2/c21-15-3-7-17(8-4-15)23-20(27)26-11-9-14(10-12-26)19-24-18(25-28-19)13-1-5-16(22)6-2-13/h1-8,14H,9-12H2,(H,23,27). The van der Waals surface area contributed by atoms with E-state index in [9.17, 15) is 9.18 Å². The van der Waals surface area contributed by atoms with Gasteiger partial charge in [0.1, 0.15) is 5.82 Å². The van der Waals surface area contributed by atoms with E-state index in [1.165, 1.54) is 12.1 Å². The lowest BCUT2D eigenvalue weighted by atomic mass is 9.97. The van der Waals surface area contributed by atoms with E-state index in [1.54, 1.807) is 17.0 Å². The molecule has 0 unspecified atom stereocenters. The van der Waals surface area contributed by atoms with Crippen LogP contribution < -0.4 is 5.32 Å². The Bertz CT molecular complexity index is 951. The number of hydrogen-bond donors (Lipinski definition) is 1. The van der Waals surface area contributed by atoms with Gasteiger partial charge in [-0.05, 0) is 61.4 Å². The van der Waals surface area contributed by atoms with Gasteiger partial charge in [0.25, 0.3) is 0 Å². The SMILES string of the molecule is O=C(Nc1ccc(Br)cc1)N1CCC(c2nc(-c3ccc(F)cc3)no2)CC1. The number of rotatable bonds is 3. The van der Waals surface area contributed by atoms with Crippen LogP contribution in [-0.2, 0) is 0 Å². The van der Waals surface area contributed by atoms with E-state index in [0.717, 1.165) is 23.0 Å². The summed E-state index contributed by atoms with van der Waals surface area (Å²) in [5.74, 6) is 0.817. The predicted octanol–water partition coefficient (Wildman–Crippen LogP) is 5.05. The summed E-state index contributed by atoms with van der Waals surface area (Å²) in [7, 11) is 0. The van der Waals surface area contributed by atoms with Crippen molar-refractivity contribution in [1.29, 1.82) is 0 Å². The minimum Gasteiger partial charge on any atom is -0.339 e. The lowest BCUT2D eigenvalue weighted by Gasteiger charge is -2.30. The third kappa shape index (κ3) is 4.22. The van der Waals surface area contributed by atoms with Crippen molar-refractivity contribution in [2.75, 3.05) is 18.4 Å². The Kier molecular flexibility index (Phi) is 5.38. The minimum absolute atomic E-state index is 0.110. The molecule has 0 radical (unpaired) electrons. The van der Waals surface area contributed by atoms with Gasteiger partial charge < -0.3 is 14.7 Å². The van der Waals surface area contributed by atoms with E-state index >= 15 is 0 Å². The molecule has 28 heavy (non-hydrogen) atoms. The van der Waals surface area contributed by atoms with Gasteiger partial charge in [-0.25, -0.2) is 9.18 Å². The summed E-state index contributed by atoms with van der Waals surface area (Å²) in [6.45, 7) is 1.22. The second kappa shape index (κ2) is 8.10. The van der Waals surface area contributed by atoms with Gasteiger partial charge in [-0.2, -0.15) is 4.98 Å². The number of amides is 2. The Hall–Kier alpha value is -2.74. The fourth-order valence-electron chi connectivity index (χ4n) is 3.18. The molecule has 1 aliphatic rings. The molecule has 1 saturated heterocycles. The van der Waals surface area contributed by atoms with Crippen LogP contribution in [0.25, 0.3) is 11.4 Å². The molecule has 0 saturated carbocycles. The molecule has 1 N–H and O–H groups in total. The van der Waals surface area contributed by atoms with Crippen LogP contribution in [0.4, 0.5) is 14.9 Å². The van der Waals surface area contributed by atoms with Crippen LogP contribution in [0.2, 0.25) is 0 Å². The Morgan fingerprint density at radius 2 is 1.79 bits per heavy atom. The zero-order valence-electron chi connectivity index (χ0n) is 14.9. The molecule has 2 aromatic carbocycles. The van der Waals surface area contributed by atoms with Crippen molar-refractivity contribution >= 4 is 27.6 Å². The molecule has 0 atom stereocenters. The highest BCUT2D eigenvalue weighted by Crippen LogP contribution is 2.29. The number of halogens is 2. The number of aromatic nitrogens is 2. The van der Waals surface area contributed by atoms with Gasteiger partial charge >= 0.3 is 6.03 Å². The second-order valence-electron chi connectivity index (χ2n) is 6.66. The zero-order valence-corrected chi connectivity index (χ0v) is 16.5. The molecule has 1 aromatic heterocycles. The summed E-state index contributed by atoms with van der Waals surface area (Å²) in [6.07, 6.45) is 1.50. The summed E-state index contributed by atoms with van der Waals surface area (Å²) in [4.78, 5) is 18.7. The van der Waals surface area contributed by atoms with Crippen molar-refractivity contribution in [1.82, 2.24) is 15.0 Å². The number of nitrogens with one attached hydrogen (secondary N) is 1. The minimum atomic E-state index is -0.304. The number of benzene rings is 2. The van der Waals surface area contributed by atoms with Crippen LogP contribution in [0.5, 0.6) is 0 Å². The third-order valence-electron chi connectivity index (χ3n) is 4.77. The molecule has 144 valence electrons. The lowest BCUT2D eigenvalue weighted by Crippen LogP contribution is -2.40. The number of anilines is 1. The maximum Gasteiger partial charge on any atom is 0.321 e. The van der Waals surface area contributed by atoms with Crippen molar-refractivity contribution in [3.8, 4) is 11.4 Å². The van der Waals surface area contributed by atoms with Gasteiger partial charge in [0.2, 0.25) is 11.7 Å². The van der Waals surface area contributed by atoms with E-state index in [2.05, 4.69) is 31.4 Å². The van der Waals surface area contributed by atoms with E-state index in [-0.39, 0.29) is 17.8 Å². The first kappa shape index (κ1) is 18.6. The van der Waals surface area contributed by atoms with Crippen LogP contribution in [0.3, 0.4) is 0 Å². The highest BCUT2D eigenvalue weighted by molar-refractivity contribution is 9.10. The molecule has 0 aliphatic carbocycles. The molecule has 2 amide bonds. The first-order valence-corrected chi connectivity index (χ1v) is 9.79. The van der Waals surface area contributed by atoms with Crippen molar-refractivity contribution in [3.63, 3.8) is 0 Å². The largest absolute Gasteiger partial charge is 0.339 e. The monoisotopic (exact) mass is 444 g/mol. The van der Waals surface area contributed by atoms with E-state index in [1.807, 2.05) is 24.3 Å². The zero-order chi connectivity index (χ0) is 19.5. The Morgan fingerprint density at radius 3 is 2.46 bits per heavy atom. The van der Waals surface area contributed by atoms with E-state index in [0.29, 0.717) is 30.4 Å². The quantitative estimate of drug-likeness (QED) is 0.613. The smallest absolute Gasteiger partial charge is 0.321 e. The number of hydrogen-bond acceptors (Lipinski definition) is 4. The number of nitrogens with zero attached hydrogens (tertiary/aromatic N) is 3. The fourth-order valence-corrected chi connectivity index (χ4v) is 3.45. The van der Waals surface area contributed by atoms with Crippen LogP contribution in [0, 0.1) is 5.82 Å². The van der Waals surface area contributed by atoms with Crippen LogP contribution in [-0.4, -0.2) is 34.2 Å². The first-order chi connectivity index (χ1) is 13.6. The fraction of sp³-hybridized carbons (Fsp3) is 0.250. The molecule has 1 fully saturated rings. The number of piperidine rings is 1. The normalized spacial score (nSPS) is 14.9. The number of carbonyl (C=O) groups excluding carboxylic acids is 1. The summed E-state index contributed by atoms with van der Waals surface area (Å²) in [5.41, 5.74) is 1.47. The maximum absolute atomic E-state index is 13.1. The molecule has 6 nitrogen and oxygen atoms in total. The maximum atomic E-state index is 13.1. The van der Waals surface area contributed by atoms with Crippen LogP contribution in [0.15, 0.2) is 57.5 Å². The molecule has 0 bridgehead atoms. The van der Waals surface area contributed by atoms with Crippen molar-refractivity contribution in [3.05, 3.63) is 64.7 Å². The Balaban J connectivity index is 1.34. The third-order valence-corrected chi connectivity index (χ3v) is 5.30. The number of carbonyl (C=O) groups is 1. The Morgan fingerprint density at radius 1 is 1.11 bits per heavy atom. The number of urea groups is 1. The highest BCUT2D eigenvalue weighted by Gasteiger charge is 2.27. The number of likely N-dealkylation sites (tertiary alicyclic amines) is 1. The first-order valence-electron chi connectivity index (χ1n) is 8.99. The van der Waals surface area contributed by atoms with Gasteiger partial charge in [0.05, 0.1) is 0 Å². The molecule has 4 rings (SSSR count). The van der Waals surface area contributed by atoms with E-state index < -0.39 is 0 Å². The Labute approximate surface area is 169 Å². The molecule has 0 spiro atoms. The molecule has 2 heterocycles. The molecule has 1 aliphatic heterocycles. The summed E-state index contributed by atoms with van der Waals surface area (Å²) in [6, 6.07) is 13.3. The molecule has 3 aromatic rings. The average Bonchev–Trinajstić information content (AvgIpc) is 3.20. The average molecular weight is 445 g/mol. The second-order valence-corrected chi connectivity index (χ2v) is 7.58. The van der Waals surface area contributed by atoms with Crippen molar-refractivity contribution in [2.45, 2.75) is 18.8 Å². The van der Waals surface area contributed by atoms with Gasteiger partial charge in [-0.3, -0.25) is 0 Å². The summed E-state index contributed by atoms with van der Waals surface area (Å²) in [5, 5.41) is 6.91. The van der Waals surface area contributed by atoms with E-state index in [4.69, 9.17) is 4.52 Å². The predicted molar refractivity (Wildman–Crippen MR) is 106 cm³/mol. The highest BCUT2D eigenvalue weighted by atomic mass is 79.9. The van der Waals surface area contributed by atoms with Crippen molar-refractivity contribution < 1.29 is 13.7 Å². The van der Waals surface area contributed by atoms with Gasteiger partial charge in [0, 0.05) is 34.7 Å².